The minimum atomic E-state index is -0.495. The number of amides is 1. The highest BCUT2D eigenvalue weighted by Gasteiger charge is 2.11. The van der Waals surface area contributed by atoms with Crippen LogP contribution in [0.15, 0.2) is 18.2 Å². The molecule has 0 atom stereocenters. The van der Waals surface area contributed by atoms with E-state index in [4.69, 9.17) is 11.5 Å². The minimum absolute atomic E-state index is 0.366. The van der Waals surface area contributed by atoms with Crippen molar-refractivity contribution in [3.63, 3.8) is 0 Å². The summed E-state index contributed by atoms with van der Waals surface area (Å²) in [6.07, 6.45) is 2.02. The van der Waals surface area contributed by atoms with Crippen LogP contribution in [0.4, 0.5) is 11.4 Å². The average Bonchev–Trinajstić information content (AvgIpc) is 2.27. The zero-order valence-electron chi connectivity index (χ0n) is 9.79. The first kappa shape index (κ1) is 12.4. The molecular weight excluding hydrogens is 202 g/mol. The maximum Gasteiger partial charge on any atom is 0.250 e. The molecule has 4 nitrogen and oxygen atoms in total. The lowest BCUT2D eigenvalue weighted by Crippen LogP contribution is -2.20. The third-order valence-corrected chi connectivity index (χ3v) is 2.72. The average molecular weight is 221 g/mol. The lowest BCUT2D eigenvalue weighted by atomic mass is 10.1. The molecule has 5 N–H and O–H groups in total. The number of rotatable bonds is 5. The number of hydrogen-bond donors (Lipinski definition) is 3. The number of anilines is 2. The normalized spacial score (nSPS) is 10.4. The minimum Gasteiger partial charge on any atom is -0.396 e. The summed E-state index contributed by atoms with van der Waals surface area (Å²) in [6, 6.07) is 5.64. The molecule has 0 bridgehead atoms. The highest BCUT2D eigenvalue weighted by atomic mass is 16.1. The molecular formula is C12H19N3O. The monoisotopic (exact) mass is 221 g/mol. The van der Waals surface area contributed by atoms with E-state index in [1.54, 1.807) is 12.1 Å². The van der Waals surface area contributed by atoms with Gasteiger partial charge in [0.2, 0.25) is 0 Å². The first-order valence-corrected chi connectivity index (χ1v) is 5.54. The Morgan fingerprint density at radius 3 is 2.50 bits per heavy atom. The van der Waals surface area contributed by atoms with Crippen molar-refractivity contribution < 1.29 is 4.79 Å². The Balaban J connectivity index is 2.97. The van der Waals surface area contributed by atoms with Gasteiger partial charge < -0.3 is 16.8 Å². The number of carbonyl (C=O) groups excluding carboxylic acids is 1. The molecule has 0 aliphatic heterocycles. The molecule has 4 heteroatoms. The van der Waals surface area contributed by atoms with Gasteiger partial charge in [-0.1, -0.05) is 19.9 Å². The van der Waals surface area contributed by atoms with Crippen LogP contribution >= 0.6 is 0 Å². The topological polar surface area (TPSA) is 81.1 Å². The number of nitrogens with one attached hydrogen (secondary N) is 1. The molecule has 0 spiro atoms. The van der Waals surface area contributed by atoms with Crippen LogP contribution in [0, 0.1) is 0 Å². The largest absolute Gasteiger partial charge is 0.396 e. The number of hydrogen-bond acceptors (Lipinski definition) is 3. The Bertz CT molecular complexity index is 373. The van der Waals surface area contributed by atoms with Crippen molar-refractivity contribution in [3.05, 3.63) is 23.8 Å². The smallest absolute Gasteiger partial charge is 0.250 e. The number of benzene rings is 1. The maximum absolute atomic E-state index is 11.1. The van der Waals surface area contributed by atoms with Gasteiger partial charge in [0, 0.05) is 6.04 Å². The Kier molecular flexibility index (Phi) is 4.17. The summed E-state index contributed by atoms with van der Waals surface area (Å²) < 4.78 is 0. The summed E-state index contributed by atoms with van der Waals surface area (Å²) in [5, 5.41) is 3.31. The summed E-state index contributed by atoms with van der Waals surface area (Å²) in [6.45, 7) is 4.21. The zero-order chi connectivity index (χ0) is 12.1. The van der Waals surface area contributed by atoms with E-state index in [1.165, 1.54) is 0 Å². The van der Waals surface area contributed by atoms with Crippen molar-refractivity contribution in [2.24, 2.45) is 5.73 Å². The lowest BCUT2D eigenvalue weighted by molar-refractivity contribution is 0.100. The summed E-state index contributed by atoms with van der Waals surface area (Å²) in [5.41, 5.74) is 12.7. The molecule has 1 aromatic carbocycles. The number of carbonyl (C=O) groups is 1. The van der Waals surface area contributed by atoms with E-state index in [0.717, 1.165) is 18.5 Å². The fourth-order valence-corrected chi connectivity index (χ4v) is 1.62. The van der Waals surface area contributed by atoms with Gasteiger partial charge in [0.15, 0.2) is 0 Å². The molecule has 0 aliphatic rings. The molecule has 0 radical (unpaired) electrons. The van der Waals surface area contributed by atoms with E-state index in [-0.39, 0.29) is 0 Å². The molecule has 16 heavy (non-hydrogen) atoms. The molecule has 0 saturated carbocycles. The Hall–Kier alpha value is -1.71. The molecule has 0 fully saturated rings. The Labute approximate surface area is 96.0 Å². The first-order valence-electron chi connectivity index (χ1n) is 5.54. The number of primary amides is 1. The van der Waals surface area contributed by atoms with E-state index >= 15 is 0 Å². The van der Waals surface area contributed by atoms with Crippen molar-refractivity contribution in [2.75, 3.05) is 11.1 Å². The van der Waals surface area contributed by atoms with E-state index in [9.17, 15) is 4.79 Å². The second-order valence-electron chi connectivity index (χ2n) is 3.79. The van der Waals surface area contributed by atoms with E-state index in [0.29, 0.717) is 17.3 Å². The van der Waals surface area contributed by atoms with Crippen molar-refractivity contribution >= 4 is 17.3 Å². The molecule has 1 aromatic rings. The van der Waals surface area contributed by atoms with E-state index in [1.807, 2.05) is 6.07 Å². The molecule has 0 saturated heterocycles. The molecule has 88 valence electrons. The standard InChI is InChI=1S/C12H19N3O/c1-3-8(4-2)15-10-7-5-6-9(11(10)13)12(14)16/h5-8,15H,3-4,13H2,1-2H3,(H2,14,16). The lowest BCUT2D eigenvalue weighted by Gasteiger charge is -2.18. The quantitative estimate of drug-likeness (QED) is 0.665. The van der Waals surface area contributed by atoms with Crippen LogP contribution in [0.25, 0.3) is 0 Å². The van der Waals surface area contributed by atoms with Crippen LogP contribution in [0.3, 0.4) is 0 Å². The second-order valence-corrected chi connectivity index (χ2v) is 3.79. The van der Waals surface area contributed by atoms with Crippen LogP contribution < -0.4 is 16.8 Å². The molecule has 0 aromatic heterocycles. The van der Waals surface area contributed by atoms with Crippen LogP contribution in [0.5, 0.6) is 0 Å². The van der Waals surface area contributed by atoms with Gasteiger partial charge >= 0.3 is 0 Å². The third kappa shape index (κ3) is 2.66. The molecule has 0 aliphatic carbocycles. The van der Waals surface area contributed by atoms with Gasteiger partial charge in [-0.05, 0) is 25.0 Å². The van der Waals surface area contributed by atoms with Crippen molar-refractivity contribution in [2.45, 2.75) is 32.7 Å². The van der Waals surface area contributed by atoms with Gasteiger partial charge in [-0.3, -0.25) is 4.79 Å². The molecule has 1 rings (SSSR count). The van der Waals surface area contributed by atoms with Crippen LogP contribution in [0.1, 0.15) is 37.0 Å². The van der Waals surface area contributed by atoms with E-state index in [2.05, 4.69) is 19.2 Å². The van der Waals surface area contributed by atoms with Crippen molar-refractivity contribution in [1.29, 1.82) is 0 Å². The molecule has 0 unspecified atom stereocenters. The van der Waals surface area contributed by atoms with Gasteiger partial charge in [-0.15, -0.1) is 0 Å². The van der Waals surface area contributed by atoms with Gasteiger partial charge in [-0.25, -0.2) is 0 Å². The van der Waals surface area contributed by atoms with Crippen LogP contribution in [-0.2, 0) is 0 Å². The molecule has 0 heterocycles. The fraction of sp³-hybridized carbons (Fsp3) is 0.417. The predicted octanol–water partition coefficient (Wildman–Crippen LogP) is 1.97. The van der Waals surface area contributed by atoms with Gasteiger partial charge in [0.05, 0.1) is 16.9 Å². The number of nitrogen functional groups attached to an aromatic ring is 1. The summed E-state index contributed by atoms with van der Waals surface area (Å²) in [5.74, 6) is -0.495. The SMILES string of the molecule is CCC(CC)Nc1cccc(C(N)=O)c1N. The predicted molar refractivity (Wildman–Crippen MR) is 67.4 cm³/mol. The number of nitrogens with two attached hydrogens (primary N) is 2. The Morgan fingerprint density at radius 2 is 2.00 bits per heavy atom. The molecule has 1 amide bonds. The summed E-state index contributed by atoms with van der Waals surface area (Å²) in [7, 11) is 0. The highest BCUT2D eigenvalue weighted by Crippen LogP contribution is 2.23. The number of para-hydroxylation sites is 1. The fourth-order valence-electron chi connectivity index (χ4n) is 1.62. The summed E-state index contributed by atoms with van der Waals surface area (Å²) >= 11 is 0. The second kappa shape index (κ2) is 5.39. The first-order chi connectivity index (χ1) is 7.60. The van der Waals surface area contributed by atoms with Crippen LogP contribution in [0.2, 0.25) is 0 Å². The van der Waals surface area contributed by atoms with Crippen LogP contribution in [-0.4, -0.2) is 11.9 Å². The van der Waals surface area contributed by atoms with Gasteiger partial charge in [0.25, 0.3) is 5.91 Å². The van der Waals surface area contributed by atoms with Gasteiger partial charge in [-0.2, -0.15) is 0 Å². The highest BCUT2D eigenvalue weighted by molar-refractivity contribution is 6.00. The van der Waals surface area contributed by atoms with E-state index < -0.39 is 5.91 Å². The summed E-state index contributed by atoms with van der Waals surface area (Å²) in [4.78, 5) is 11.1. The van der Waals surface area contributed by atoms with Gasteiger partial charge in [0.1, 0.15) is 0 Å². The zero-order valence-corrected chi connectivity index (χ0v) is 9.79. The Morgan fingerprint density at radius 1 is 1.38 bits per heavy atom. The van der Waals surface area contributed by atoms with Crippen molar-refractivity contribution in [3.8, 4) is 0 Å². The third-order valence-electron chi connectivity index (χ3n) is 2.72. The van der Waals surface area contributed by atoms with Crippen molar-refractivity contribution in [1.82, 2.24) is 0 Å². The maximum atomic E-state index is 11.1.